The predicted molar refractivity (Wildman–Crippen MR) is 97.7 cm³/mol. The summed E-state index contributed by atoms with van der Waals surface area (Å²) in [5, 5.41) is 39.0. The van der Waals surface area contributed by atoms with Gasteiger partial charge in [0, 0.05) is 6.42 Å². The molecule has 4 rings (SSSR count). The first-order chi connectivity index (χ1) is 13.3. The largest absolute Gasteiger partial charge is 0.447 e. The maximum atomic E-state index is 13.8. The molecule has 3 fully saturated rings. The number of nitriles is 3. The van der Waals surface area contributed by atoms with Crippen LogP contribution >= 0.6 is 15.9 Å². The van der Waals surface area contributed by atoms with Crippen molar-refractivity contribution < 1.29 is 13.9 Å². The van der Waals surface area contributed by atoms with Crippen LogP contribution in [0.1, 0.15) is 37.9 Å². The minimum Gasteiger partial charge on any atom is -0.447 e. The van der Waals surface area contributed by atoms with Crippen molar-refractivity contribution in [1.82, 2.24) is 0 Å². The van der Waals surface area contributed by atoms with Gasteiger partial charge in [0.1, 0.15) is 11.9 Å². The predicted octanol–water partition coefficient (Wildman–Crippen LogP) is 4.34. The average molecular weight is 443 g/mol. The van der Waals surface area contributed by atoms with Crippen LogP contribution < -0.4 is 0 Å². The fraction of sp³-hybridized carbons (Fsp3) is 0.500. The van der Waals surface area contributed by atoms with E-state index in [0.717, 1.165) is 6.42 Å². The molecule has 5 unspecified atom stereocenters. The van der Waals surface area contributed by atoms with E-state index >= 15 is 0 Å². The molecule has 5 atom stereocenters. The number of hydrogen-bond acceptors (Lipinski definition) is 6. The summed E-state index contributed by atoms with van der Waals surface area (Å²) < 4.78 is 26.1. The quantitative estimate of drug-likeness (QED) is 0.694. The molecule has 2 aliphatic heterocycles. The molecular formula is C20H16BrFN4O2. The first-order valence-corrected chi connectivity index (χ1v) is 9.74. The standard InChI is InChI=1S/C20H16BrFN4O2/c1-11-4-5-20-15(6-11)19(10-25,17(26)28-20)18(8-23,9-24)16(27-20)12-2-3-14(22)13(21)7-12/h2-3,7,11,15-16,26H,4-6H2,1H3. The van der Waals surface area contributed by atoms with Crippen LogP contribution in [-0.4, -0.2) is 11.7 Å². The van der Waals surface area contributed by atoms with Gasteiger partial charge in [-0.15, -0.1) is 0 Å². The smallest absolute Gasteiger partial charge is 0.217 e. The second-order valence-corrected chi connectivity index (χ2v) is 8.65. The molecule has 0 spiro atoms. The Hall–Kier alpha value is -2.47. The zero-order chi connectivity index (χ0) is 20.3. The van der Waals surface area contributed by atoms with Crippen LogP contribution in [0.4, 0.5) is 4.39 Å². The van der Waals surface area contributed by atoms with Gasteiger partial charge in [-0.1, -0.05) is 13.0 Å². The number of halogens is 2. The topological polar surface area (TPSA) is 114 Å². The zero-order valence-corrected chi connectivity index (χ0v) is 16.6. The van der Waals surface area contributed by atoms with Gasteiger partial charge in [-0.3, -0.25) is 5.41 Å². The molecular weight excluding hydrogens is 427 g/mol. The van der Waals surface area contributed by atoms with E-state index in [1.807, 2.05) is 19.1 Å². The summed E-state index contributed by atoms with van der Waals surface area (Å²) >= 11 is 3.12. The highest BCUT2D eigenvalue weighted by atomic mass is 79.9. The first-order valence-electron chi connectivity index (χ1n) is 8.95. The summed E-state index contributed by atoms with van der Waals surface area (Å²) in [6.45, 7) is 2.03. The molecule has 1 N–H and O–H groups in total. The summed E-state index contributed by atoms with van der Waals surface area (Å²) in [6.07, 6.45) is 0.584. The van der Waals surface area contributed by atoms with Crippen molar-refractivity contribution in [2.75, 3.05) is 0 Å². The lowest BCUT2D eigenvalue weighted by atomic mass is 9.50. The molecule has 142 valence electrons. The molecule has 1 saturated carbocycles. The van der Waals surface area contributed by atoms with Crippen molar-refractivity contribution in [3.8, 4) is 18.2 Å². The molecule has 1 aliphatic carbocycles. The van der Waals surface area contributed by atoms with Gasteiger partial charge in [-0.2, -0.15) is 15.8 Å². The average Bonchev–Trinajstić information content (AvgIpc) is 2.88. The second kappa shape index (κ2) is 6.01. The Labute approximate surface area is 170 Å². The number of benzene rings is 1. The molecule has 3 aliphatic rings. The van der Waals surface area contributed by atoms with Gasteiger partial charge in [0.15, 0.2) is 5.41 Å². The molecule has 1 aromatic carbocycles. The Kier molecular flexibility index (Phi) is 4.05. The molecule has 1 aromatic rings. The third-order valence-corrected chi connectivity index (χ3v) is 7.03. The minimum absolute atomic E-state index is 0.157. The van der Waals surface area contributed by atoms with Crippen molar-refractivity contribution >= 4 is 21.8 Å². The van der Waals surface area contributed by atoms with Crippen molar-refractivity contribution in [2.45, 2.75) is 38.1 Å². The second-order valence-electron chi connectivity index (χ2n) is 7.80. The maximum Gasteiger partial charge on any atom is 0.217 e. The maximum absolute atomic E-state index is 13.8. The first kappa shape index (κ1) is 18.9. The Morgan fingerprint density at radius 1 is 1.25 bits per heavy atom. The highest BCUT2D eigenvalue weighted by Gasteiger charge is 2.80. The molecule has 28 heavy (non-hydrogen) atoms. The van der Waals surface area contributed by atoms with E-state index in [9.17, 15) is 20.2 Å². The molecule has 2 heterocycles. The number of hydrogen-bond donors (Lipinski definition) is 1. The molecule has 6 nitrogen and oxygen atoms in total. The lowest BCUT2D eigenvalue weighted by Crippen LogP contribution is -2.60. The van der Waals surface area contributed by atoms with E-state index < -0.39 is 34.5 Å². The number of nitrogens with zero attached hydrogens (tertiary/aromatic N) is 3. The Morgan fingerprint density at radius 2 is 1.96 bits per heavy atom. The zero-order valence-electron chi connectivity index (χ0n) is 15.0. The van der Waals surface area contributed by atoms with Crippen molar-refractivity contribution in [3.63, 3.8) is 0 Å². The summed E-state index contributed by atoms with van der Waals surface area (Å²) in [5.41, 5.74) is -3.38. The molecule has 8 heteroatoms. The lowest BCUT2D eigenvalue weighted by molar-refractivity contribution is -0.298. The van der Waals surface area contributed by atoms with Gasteiger partial charge in [0.05, 0.1) is 28.6 Å². The SMILES string of the molecule is CC1CCC23OC(=N)C(C#N)(C2C1)C(C#N)(C#N)C(c1ccc(F)c(Br)c1)O3. The van der Waals surface area contributed by atoms with Gasteiger partial charge in [-0.05, 0) is 52.4 Å². The summed E-state index contributed by atoms with van der Waals surface area (Å²) in [7, 11) is 0. The van der Waals surface area contributed by atoms with E-state index in [2.05, 4.69) is 22.0 Å². The van der Waals surface area contributed by atoms with Gasteiger partial charge < -0.3 is 9.47 Å². The summed E-state index contributed by atoms with van der Waals surface area (Å²) in [5.74, 6) is -2.47. The van der Waals surface area contributed by atoms with Gasteiger partial charge in [-0.25, -0.2) is 4.39 Å². The van der Waals surface area contributed by atoms with Crippen LogP contribution in [0.2, 0.25) is 0 Å². The number of rotatable bonds is 1. The van der Waals surface area contributed by atoms with Gasteiger partial charge in [0.2, 0.25) is 17.1 Å². The van der Waals surface area contributed by atoms with Crippen molar-refractivity contribution in [3.05, 3.63) is 34.1 Å². The fourth-order valence-corrected chi connectivity index (χ4v) is 5.40. The van der Waals surface area contributed by atoms with Crippen LogP contribution in [0.5, 0.6) is 0 Å². The van der Waals surface area contributed by atoms with E-state index in [1.165, 1.54) is 18.2 Å². The third kappa shape index (κ3) is 2.04. The number of ether oxygens (including phenoxy) is 2. The van der Waals surface area contributed by atoms with Gasteiger partial charge in [0.25, 0.3) is 0 Å². The number of nitrogens with one attached hydrogen (secondary N) is 1. The van der Waals surface area contributed by atoms with Crippen LogP contribution in [0, 0.1) is 67.9 Å². The Bertz CT molecular complexity index is 995. The van der Waals surface area contributed by atoms with Crippen molar-refractivity contribution in [2.24, 2.45) is 22.7 Å². The van der Waals surface area contributed by atoms with E-state index in [1.54, 1.807) is 0 Å². The highest BCUT2D eigenvalue weighted by molar-refractivity contribution is 9.10. The van der Waals surface area contributed by atoms with Crippen LogP contribution in [0.3, 0.4) is 0 Å². The minimum atomic E-state index is -2.00. The Morgan fingerprint density at radius 3 is 2.57 bits per heavy atom. The van der Waals surface area contributed by atoms with E-state index in [-0.39, 0.29) is 16.3 Å². The summed E-state index contributed by atoms with van der Waals surface area (Å²) in [4.78, 5) is 0. The molecule has 2 bridgehead atoms. The van der Waals surface area contributed by atoms with E-state index in [4.69, 9.17) is 14.9 Å². The summed E-state index contributed by atoms with van der Waals surface area (Å²) in [6, 6.07) is 10.2. The van der Waals surface area contributed by atoms with E-state index in [0.29, 0.717) is 18.4 Å². The Balaban J connectivity index is 1.99. The van der Waals surface area contributed by atoms with Crippen LogP contribution in [0.15, 0.2) is 22.7 Å². The van der Waals surface area contributed by atoms with Crippen LogP contribution in [0.25, 0.3) is 0 Å². The highest BCUT2D eigenvalue weighted by Crippen LogP contribution is 2.69. The monoisotopic (exact) mass is 442 g/mol. The van der Waals surface area contributed by atoms with Gasteiger partial charge >= 0.3 is 0 Å². The third-order valence-electron chi connectivity index (χ3n) is 6.42. The van der Waals surface area contributed by atoms with Crippen LogP contribution in [-0.2, 0) is 9.47 Å². The molecule has 2 saturated heterocycles. The molecule has 0 radical (unpaired) electrons. The molecule has 0 amide bonds. The fourth-order valence-electron chi connectivity index (χ4n) is 5.00. The normalized spacial score (nSPS) is 37.7. The lowest BCUT2D eigenvalue weighted by Gasteiger charge is -2.52. The molecule has 0 aromatic heterocycles. The van der Waals surface area contributed by atoms with Crippen molar-refractivity contribution in [1.29, 1.82) is 21.2 Å².